The molecule has 1 saturated heterocycles. The lowest BCUT2D eigenvalue weighted by atomic mass is 9.98. The lowest BCUT2D eigenvalue weighted by molar-refractivity contribution is -0.134. The van der Waals surface area contributed by atoms with Gasteiger partial charge in [0.25, 0.3) is 0 Å². The van der Waals surface area contributed by atoms with E-state index in [-0.39, 0.29) is 5.91 Å². The SMILES string of the molecule is CC1CC(N)CCN1CC(=O)N1CCc2ccccc2C1. The molecule has 21 heavy (non-hydrogen) atoms. The first-order valence-electron chi connectivity index (χ1n) is 7.97. The van der Waals surface area contributed by atoms with Crippen molar-refractivity contribution < 1.29 is 4.79 Å². The molecule has 2 unspecified atom stereocenters. The van der Waals surface area contributed by atoms with Crippen LogP contribution in [0.5, 0.6) is 0 Å². The van der Waals surface area contributed by atoms with Crippen LogP contribution in [0.1, 0.15) is 30.9 Å². The number of rotatable bonds is 2. The molecule has 3 rings (SSSR count). The molecular weight excluding hydrogens is 262 g/mol. The molecule has 0 saturated carbocycles. The summed E-state index contributed by atoms with van der Waals surface area (Å²) in [5.41, 5.74) is 8.68. The van der Waals surface area contributed by atoms with Crippen LogP contribution < -0.4 is 5.73 Å². The number of amides is 1. The molecule has 1 aromatic carbocycles. The fraction of sp³-hybridized carbons (Fsp3) is 0.588. The van der Waals surface area contributed by atoms with E-state index in [1.54, 1.807) is 0 Å². The van der Waals surface area contributed by atoms with Gasteiger partial charge in [-0.1, -0.05) is 24.3 Å². The van der Waals surface area contributed by atoms with Gasteiger partial charge in [-0.25, -0.2) is 0 Å². The number of benzene rings is 1. The zero-order chi connectivity index (χ0) is 14.8. The van der Waals surface area contributed by atoms with Gasteiger partial charge in [0, 0.05) is 31.7 Å². The molecule has 1 fully saturated rings. The standard InChI is InChI=1S/C17H25N3O/c1-13-10-16(18)7-9-19(13)12-17(21)20-8-6-14-4-2-3-5-15(14)11-20/h2-5,13,16H,6-12,18H2,1H3. The molecule has 4 heteroatoms. The molecule has 1 aromatic rings. The van der Waals surface area contributed by atoms with Gasteiger partial charge in [0.05, 0.1) is 6.54 Å². The van der Waals surface area contributed by atoms with Crippen LogP contribution in [-0.4, -0.2) is 47.4 Å². The van der Waals surface area contributed by atoms with Gasteiger partial charge in [0.15, 0.2) is 0 Å². The van der Waals surface area contributed by atoms with Crippen molar-refractivity contribution in [1.29, 1.82) is 0 Å². The fourth-order valence-electron chi connectivity index (χ4n) is 3.47. The maximum atomic E-state index is 12.6. The number of carbonyl (C=O) groups excluding carboxylic acids is 1. The summed E-state index contributed by atoms with van der Waals surface area (Å²) in [6.45, 7) is 5.26. The Morgan fingerprint density at radius 1 is 1.29 bits per heavy atom. The molecule has 2 N–H and O–H groups in total. The van der Waals surface area contributed by atoms with E-state index in [4.69, 9.17) is 5.73 Å². The Balaban J connectivity index is 1.59. The number of fused-ring (bicyclic) bond motifs is 1. The highest BCUT2D eigenvalue weighted by Gasteiger charge is 2.27. The van der Waals surface area contributed by atoms with Crippen LogP contribution in [0.4, 0.5) is 0 Å². The van der Waals surface area contributed by atoms with Crippen molar-refractivity contribution in [2.75, 3.05) is 19.6 Å². The maximum absolute atomic E-state index is 12.6. The minimum Gasteiger partial charge on any atom is -0.337 e. The first-order valence-corrected chi connectivity index (χ1v) is 7.97. The molecule has 0 aliphatic carbocycles. The summed E-state index contributed by atoms with van der Waals surface area (Å²) < 4.78 is 0. The minimum atomic E-state index is 0.256. The lowest BCUT2D eigenvalue weighted by Gasteiger charge is -2.37. The van der Waals surface area contributed by atoms with Gasteiger partial charge in [-0.05, 0) is 37.3 Å². The van der Waals surface area contributed by atoms with Gasteiger partial charge >= 0.3 is 0 Å². The van der Waals surface area contributed by atoms with Crippen LogP contribution in [0.15, 0.2) is 24.3 Å². The predicted molar refractivity (Wildman–Crippen MR) is 83.8 cm³/mol. The normalized spacial score (nSPS) is 26.5. The van der Waals surface area contributed by atoms with E-state index < -0.39 is 0 Å². The molecule has 2 atom stereocenters. The van der Waals surface area contributed by atoms with Gasteiger partial charge in [0.1, 0.15) is 0 Å². The first-order chi connectivity index (χ1) is 10.1. The summed E-state index contributed by atoms with van der Waals surface area (Å²) in [7, 11) is 0. The second kappa shape index (κ2) is 6.16. The fourth-order valence-corrected chi connectivity index (χ4v) is 3.47. The number of likely N-dealkylation sites (tertiary alicyclic amines) is 1. The maximum Gasteiger partial charge on any atom is 0.237 e. The Hall–Kier alpha value is -1.39. The van der Waals surface area contributed by atoms with E-state index in [2.05, 4.69) is 36.1 Å². The van der Waals surface area contributed by atoms with Crippen LogP contribution >= 0.6 is 0 Å². The van der Waals surface area contributed by atoms with Gasteiger partial charge in [-0.3, -0.25) is 9.69 Å². The lowest BCUT2D eigenvalue weighted by Crippen LogP contribution is -2.50. The Bertz CT molecular complexity index is 517. The van der Waals surface area contributed by atoms with Crippen molar-refractivity contribution in [2.45, 2.75) is 44.8 Å². The molecule has 0 radical (unpaired) electrons. The smallest absolute Gasteiger partial charge is 0.237 e. The largest absolute Gasteiger partial charge is 0.337 e. The minimum absolute atomic E-state index is 0.256. The quantitative estimate of drug-likeness (QED) is 0.894. The molecule has 0 bridgehead atoms. The van der Waals surface area contributed by atoms with Crippen molar-refractivity contribution in [3.05, 3.63) is 35.4 Å². The summed E-state index contributed by atoms with van der Waals surface area (Å²) in [4.78, 5) is 16.8. The summed E-state index contributed by atoms with van der Waals surface area (Å²) in [5.74, 6) is 0.256. The van der Waals surface area contributed by atoms with Gasteiger partial charge < -0.3 is 10.6 Å². The molecule has 2 heterocycles. The van der Waals surface area contributed by atoms with Gasteiger partial charge in [0.2, 0.25) is 5.91 Å². The summed E-state index contributed by atoms with van der Waals surface area (Å²) in [6, 6.07) is 9.15. The van der Waals surface area contributed by atoms with E-state index >= 15 is 0 Å². The van der Waals surface area contributed by atoms with Crippen LogP contribution in [0, 0.1) is 0 Å². The van der Waals surface area contributed by atoms with Crippen molar-refractivity contribution in [3.63, 3.8) is 0 Å². The van der Waals surface area contributed by atoms with E-state index in [1.807, 2.05) is 4.90 Å². The first kappa shape index (κ1) is 14.5. The molecule has 4 nitrogen and oxygen atoms in total. The Morgan fingerprint density at radius 3 is 2.81 bits per heavy atom. The molecule has 0 spiro atoms. The third-order valence-electron chi connectivity index (χ3n) is 4.88. The van der Waals surface area contributed by atoms with Crippen molar-refractivity contribution in [3.8, 4) is 0 Å². The number of nitrogens with two attached hydrogens (primary N) is 1. The molecule has 2 aliphatic heterocycles. The Kier molecular flexibility index (Phi) is 4.27. The molecular formula is C17H25N3O. The zero-order valence-electron chi connectivity index (χ0n) is 12.8. The van der Waals surface area contributed by atoms with Crippen LogP contribution in [0.2, 0.25) is 0 Å². The molecule has 1 amide bonds. The Labute approximate surface area is 126 Å². The Morgan fingerprint density at radius 2 is 2.05 bits per heavy atom. The van der Waals surface area contributed by atoms with Crippen molar-refractivity contribution in [2.24, 2.45) is 5.73 Å². The highest BCUT2D eigenvalue weighted by molar-refractivity contribution is 5.78. The van der Waals surface area contributed by atoms with Gasteiger partial charge in [-0.15, -0.1) is 0 Å². The van der Waals surface area contributed by atoms with Crippen LogP contribution in [0.3, 0.4) is 0 Å². The summed E-state index contributed by atoms with van der Waals surface area (Å²) in [6.07, 6.45) is 2.97. The second-order valence-corrected chi connectivity index (χ2v) is 6.44. The number of carbonyl (C=O) groups is 1. The van der Waals surface area contributed by atoms with E-state index in [0.29, 0.717) is 18.6 Å². The number of nitrogens with zero attached hydrogens (tertiary/aromatic N) is 2. The van der Waals surface area contributed by atoms with E-state index in [9.17, 15) is 4.79 Å². The van der Waals surface area contributed by atoms with Crippen LogP contribution in [0.25, 0.3) is 0 Å². The highest BCUT2D eigenvalue weighted by Crippen LogP contribution is 2.20. The average molecular weight is 287 g/mol. The van der Waals surface area contributed by atoms with Gasteiger partial charge in [-0.2, -0.15) is 0 Å². The topological polar surface area (TPSA) is 49.6 Å². The number of hydrogen-bond acceptors (Lipinski definition) is 3. The third-order valence-corrected chi connectivity index (χ3v) is 4.88. The molecule has 2 aliphatic rings. The number of hydrogen-bond donors (Lipinski definition) is 1. The summed E-state index contributed by atoms with van der Waals surface area (Å²) >= 11 is 0. The molecule has 114 valence electrons. The highest BCUT2D eigenvalue weighted by atomic mass is 16.2. The number of piperidine rings is 1. The molecule has 0 aromatic heterocycles. The summed E-state index contributed by atoms with van der Waals surface area (Å²) in [5, 5.41) is 0. The van der Waals surface area contributed by atoms with E-state index in [0.717, 1.165) is 38.9 Å². The second-order valence-electron chi connectivity index (χ2n) is 6.44. The predicted octanol–water partition coefficient (Wildman–Crippen LogP) is 1.38. The van der Waals surface area contributed by atoms with Crippen LogP contribution in [-0.2, 0) is 17.8 Å². The third kappa shape index (κ3) is 3.27. The van der Waals surface area contributed by atoms with Crippen molar-refractivity contribution >= 4 is 5.91 Å². The average Bonchev–Trinajstić information content (AvgIpc) is 2.49. The zero-order valence-corrected chi connectivity index (χ0v) is 12.8. The monoisotopic (exact) mass is 287 g/mol. The van der Waals surface area contributed by atoms with Crippen molar-refractivity contribution in [1.82, 2.24) is 9.80 Å². The van der Waals surface area contributed by atoms with E-state index in [1.165, 1.54) is 11.1 Å².